The predicted molar refractivity (Wildman–Crippen MR) is 225 cm³/mol. The lowest BCUT2D eigenvalue weighted by Gasteiger charge is -2.12. The lowest BCUT2D eigenvalue weighted by atomic mass is 9.93. The van der Waals surface area contributed by atoms with E-state index in [1.165, 1.54) is 60.3 Å². The standard InChI is InChI=1S/C51H33N3/c1-3-13-36(14-4-1)49-52-50(37-15-5-2-6-16-37)54-51(53-49)44-29-24-35-18-11-23-47(48(35)33-44)43-28-27-40-30-39(25-26-41(40)32-43)38-19-9-20-42(31-38)46-22-10-17-34-12-7-8-21-45(34)46/h1-33H. The van der Waals surface area contributed by atoms with Gasteiger partial charge in [0, 0.05) is 16.7 Å². The molecule has 0 unspecified atom stereocenters. The quantitative estimate of drug-likeness (QED) is 0.175. The number of benzene rings is 9. The highest BCUT2D eigenvalue weighted by Gasteiger charge is 2.14. The molecule has 0 fully saturated rings. The summed E-state index contributed by atoms with van der Waals surface area (Å²) in [6.45, 7) is 0. The van der Waals surface area contributed by atoms with Crippen LogP contribution in [0.15, 0.2) is 200 Å². The van der Waals surface area contributed by atoms with Crippen LogP contribution in [0.3, 0.4) is 0 Å². The fourth-order valence-electron chi connectivity index (χ4n) is 7.54. The Hall–Kier alpha value is -7.23. The summed E-state index contributed by atoms with van der Waals surface area (Å²) in [5.41, 5.74) is 10.1. The van der Waals surface area contributed by atoms with Crippen molar-refractivity contribution in [1.29, 1.82) is 0 Å². The second-order valence-corrected chi connectivity index (χ2v) is 13.7. The van der Waals surface area contributed by atoms with Crippen LogP contribution in [-0.2, 0) is 0 Å². The zero-order chi connectivity index (χ0) is 35.8. The molecule has 10 rings (SSSR count). The fourth-order valence-corrected chi connectivity index (χ4v) is 7.54. The molecular formula is C51H33N3. The van der Waals surface area contributed by atoms with Crippen LogP contribution < -0.4 is 0 Å². The zero-order valence-electron chi connectivity index (χ0n) is 29.4. The van der Waals surface area contributed by atoms with Crippen molar-refractivity contribution in [1.82, 2.24) is 15.0 Å². The number of nitrogens with zero attached hydrogens (tertiary/aromatic N) is 3. The van der Waals surface area contributed by atoms with Gasteiger partial charge in [-0.25, -0.2) is 15.0 Å². The van der Waals surface area contributed by atoms with Crippen molar-refractivity contribution in [3.8, 4) is 67.5 Å². The zero-order valence-corrected chi connectivity index (χ0v) is 29.4. The highest BCUT2D eigenvalue weighted by Crippen LogP contribution is 2.36. The van der Waals surface area contributed by atoms with Crippen LogP contribution in [0, 0.1) is 0 Å². The molecule has 0 atom stereocenters. The van der Waals surface area contributed by atoms with Crippen LogP contribution in [-0.4, -0.2) is 15.0 Å². The van der Waals surface area contributed by atoms with Crippen LogP contribution in [0.4, 0.5) is 0 Å². The van der Waals surface area contributed by atoms with Gasteiger partial charge in [-0.15, -0.1) is 0 Å². The van der Waals surface area contributed by atoms with E-state index in [0.29, 0.717) is 17.5 Å². The maximum absolute atomic E-state index is 5.00. The summed E-state index contributed by atoms with van der Waals surface area (Å²) in [6.07, 6.45) is 0. The van der Waals surface area contributed by atoms with Crippen LogP contribution in [0.5, 0.6) is 0 Å². The molecule has 10 aromatic rings. The monoisotopic (exact) mass is 687 g/mol. The van der Waals surface area contributed by atoms with E-state index >= 15 is 0 Å². The molecule has 0 N–H and O–H groups in total. The number of rotatable bonds is 6. The molecule has 1 aromatic heterocycles. The fraction of sp³-hybridized carbons (Fsp3) is 0. The molecule has 0 aliphatic heterocycles. The molecule has 0 spiro atoms. The number of fused-ring (bicyclic) bond motifs is 3. The Balaban J connectivity index is 1.02. The van der Waals surface area contributed by atoms with Crippen LogP contribution in [0.2, 0.25) is 0 Å². The Labute approximate surface area is 313 Å². The van der Waals surface area contributed by atoms with Crippen molar-refractivity contribution in [3.63, 3.8) is 0 Å². The summed E-state index contributed by atoms with van der Waals surface area (Å²) in [5, 5.41) is 7.25. The highest BCUT2D eigenvalue weighted by atomic mass is 15.0. The van der Waals surface area contributed by atoms with Gasteiger partial charge in [-0.2, -0.15) is 0 Å². The van der Waals surface area contributed by atoms with E-state index in [2.05, 4.69) is 140 Å². The third-order valence-corrected chi connectivity index (χ3v) is 10.3. The molecule has 0 aliphatic carbocycles. The third-order valence-electron chi connectivity index (χ3n) is 10.3. The van der Waals surface area contributed by atoms with Gasteiger partial charge in [0.05, 0.1) is 0 Å². The molecule has 3 nitrogen and oxygen atoms in total. The van der Waals surface area contributed by atoms with E-state index < -0.39 is 0 Å². The van der Waals surface area contributed by atoms with E-state index in [4.69, 9.17) is 15.0 Å². The van der Waals surface area contributed by atoms with Crippen molar-refractivity contribution < 1.29 is 0 Å². The van der Waals surface area contributed by atoms with Gasteiger partial charge >= 0.3 is 0 Å². The summed E-state index contributed by atoms with van der Waals surface area (Å²) in [7, 11) is 0. The van der Waals surface area contributed by atoms with Gasteiger partial charge in [0.2, 0.25) is 0 Å². The first kappa shape index (κ1) is 31.5. The molecule has 54 heavy (non-hydrogen) atoms. The first-order valence-electron chi connectivity index (χ1n) is 18.3. The maximum Gasteiger partial charge on any atom is 0.164 e. The summed E-state index contributed by atoms with van der Waals surface area (Å²) in [5.74, 6) is 1.96. The first-order chi connectivity index (χ1) is 26.7. The van der Waals surface area contributed by atoms with Crippen LogP contribution in [0.1, 0.15) is 0 Å². The molecule has 3 heteroatoms. The summed E-state index contributed by atoms with van der Waals surface area (Å²) < 4.78 is 0. The molecule has 1 heterocycles. The largest absolute Gasteiger partial charge is 0.208 e. The SMILES string of the molecule is c1ccc(-c2nc(-c3ccccc3)nc(-c3ccc4cccc(-c5ccc6cc(-c7cccc(-c8cccc9ccccc89)c7)ccc6c5)c4c3)n2)cc1. The van der Waals surface area contributed by atoms with Gasteiger partial charge in [0.1, 0.15) is 0 Å². The number of hydrogen-bond acceptors (Lipinski definition) is 3. The molecule has 0 bridgehead atoms. The van der Waals surface area contributed by atoms with Crippen LogP contribution >= 0.6 is 0 Å². The average molecular weight is 688 g/mol. The van der Waals surface area contributed by atoms with Gasteiger partial charge < -0.3 is 0 Å². The lowest BCUT2D eigenvalue weighted by Crippen LogP contribution is -2.00. The minimum absolute atomic E-state index is 0.648. The van der Waals surface area contributed by atoms with Crippen molar-refractivity contribution in [2.24, 2.45) is 0 Å². The smallest absolute Gasteiger partial charge is 0.164 e. The first-order valence-corrected chi connectivity index (χ1v) is 18.3. The minimum Gasteiger partial charge on any atom is -0.208 e. The van der Waals surface area contributed by atoms with Crippen molar-refractivity contribution in [3.05, 3.63) is 200 Å². The maximum atomic E-state index is 5.00. The topological polar surface area (TPSA) is 38.7 Å². The molecule has 0 saturated heterocycles. The Kier molecular flexibility index (Phi) is 7.81. The second-order valence-electron chi connectivity index (χ2n) is 13.7. The molecule has 0 radical (unpaired) electrons. The van der Waals surface area contributed by atoms with Crippen LogP contribution in [0.25, 0.3) is 99.9 Å². The molecular weight excluding hydrogens is 655 g/mol. The predicted octanol–water partition coefficient (Wildman–Crippen LogP) is 13.3. The van der Waals surface area contributed by atoms with Gasteiger partial charge in [0.25, 0.3) is 0 Å². The number of hydrogen-bond donors (Lipinski definition) is 0. The van der Waals surface area contributed by atoms with Crippen molar-refractivity contribution in [2.75, 3.05) is 0 Å². The number of aromatic nitrogens is 3. The van der Waals surface area contributed by atoms with E-state index in [1.807, 2.05) is 60.7 Å². The Morgan fingerprint density at radius 2 is 0.648 bits per heavy atom. The third kappa shape index (κ3) is 5.88. The van der Waals surface area contributed by atoms with E-state index in [1.54, 1.807) is 0 Å². The molecule has 0 saturated carbocycles. The summed E-state index contributed by atoms with van der Waals surface area (Å²) in [4.78, 5) is 14.9. The summed E-state index contributed by atoms with van der Waals surface area (Å²) >= 11 is 0. The van der Waals surface area contributed by atoms with Crippen molar-refractivity contribution in [2.45, 2.75) is 0 Å². The van der Waals surface area contributed by atoms with E-state index in [-0.39, 0.29) is 0 Å². The van der Waals surface area contributed by atoms with E-state index in [9.17, 15) is 0 Å². The Morgan fingerprint density at radius 1 is 0.222 bits per heavy atom. The Morgan fingerprint density at radius 3 is 1.35 bits per heavy atom. The van der Waals surface area contributed by atoms with Crippen molar-refractivity contribution >= 4 is 32.3 Å². The van der Waals surface area contributed by atoms with E-state index in [0.717, 1.165) is 22.1 Å². The Bertz CT molecular complexity index is 2930. The molecule has 252 valence electrons. The van der Waals surface area contributed by atoms with Gasteiger partial charge in [-0.1, -0.05) is 176 Å². The highest BCUT2D eigenvalue weighted by molar-refractivity contribution is 6.01. The lowest BCUT2D eigenvalue weighted by molar-refractivity contribution is 1.07. The molecule has 0 amide bonds. The van der Waals surface area contributed by atoms with Gasteiger partial charge in [-0.05, 0) is 90.0 Å². The minimum atomic E-state index is 0.648. The van der Waals surface area contributed by atoms with Gasteiger partial charge in [0.15, 0.2) is 17.5 Å². The molecule has 0 aliphatic rings. The second kappa shape index (κ2) is 13.4. The molecule has 9 aromatic carbocycles. The van der Waals surface area contributed by atoms with Gasteiger partial charge in [-0.3, -0.25) is 0 Å². The normalized spacial score (nSPS) is 11.3. The summed E-state index contributed by atoms with van der Waals surface area (Å²) in [6, 6.07) is 70.8. The average Bonchev–Trinajstić information content (AvgIpc) is 3.26.